The maximum Gasteiger partial charge on any atom is 0.305 e. The molecule has 5 N–H and O–H groups in total. The van der Waals surface area contributed by atoms with Crippen molar-refractivity contribution >= 4 is 47.3 Å². The number of amides is 3. The van der Waals surface area contributed by atoms with E-state index in [9.17, 15) is 24.0 Å². The van der Waals surface area contributed by atoms with Crippen molar-refractivity contribution in [3.8, 4) is 0 Å². The van der Waals surface area contributed by atoms with Crippen LogP contribution in [0.5, 0.6) is 0 Å². The Morgan fingerprint density at radius 1 is 1.34 bits per heavy atom. The van der Waals surface area contributed by atoms with Crippen LogP contribution in [0, 0.1) is 0 Å². The number of carboxylic acid groups (broad SMARTS) is 1. The first kappa shape index (κ1) is 25.1. The molecular weight excluding hydrogens is 444 g/mol. The van der Waals surface area contributed by atoms with Crippen LogP contribution in [0.25, 0.3) is 0 Å². The number of nitrogens with two attached hydrogens (primary N) is 1. The number of hydrogen-bond acceptors (Lipinski definition) is 7. The number of anilines is 1. The van der Waals surface area contributed by atoms with Gasteiger partial charge in [-0.05, 0) is 25.1 Å². The molecule has 0 aliphatic carbocycles. The molecule has 1 aliphatic heterocycles. The number of aliphatic carboxylic acids is 1. The van der Waals surface area contributed by atoms with E-state index in [4.69, 9.17) is 27.2 Å². The third kappa shape index (κ3) is 6.17. The molecule has 11 nitrogen and oxygen atoms in total. The Bertz CT molecular complexity index is 910. The second kappa shape index (κ2) is 10.9. The Morgan fingerprint density at radius 3 is 2.59 bits per heavy atom. The van der Waals surface area contributed by atoms with Crippen LogP contribution in [0.2, 0.25) is 5.02 Å². The molecule has 0 radical (unpaired) electrons. The maximum atomic E-state index is 13.0. The van der Waals surface area contributed by atoms with E-state index in [-0.39, 0.29) is 23.6 Å². The first-order chi connectivity index (χ1) is 15.1. The Hall–Kier alpha value is -3.18. The number of ether oxygens (including phenoxy) is 1. The van der Waals surface area contributed by atoms with Gasteiger partial charge in [0.25, 0.3) is 5.91 Å². The highest BCUT2D eigenvalue weighted by molar-refractivity contribution is 6.33. The Morgan fingerprint density at radius 2 is 2.03 bits per heavy atom. The van der Waals surface area contributed by atoms with Crippen molar-refractivity contribution in [3.63, 3.8) is 0 Å². The molecule has 0 unspecified atom stereocenters. The highest BCUT2D eigenvalue weighted by atomic mass is 35.5. The zero-order valence-corrected chi connectivity index (χ0v) is 18.3. The minimum Gasteiger partial charge on any atom is -0.481 e. The summed E-state index contributed by atoms with van der Waals surface area (Å²) in [5.41, 5.74) is 6.14. The standard InChI is InChI=1S/C20H25ClN4O7/c1-10(23-18(29)11-3-4-15(22)14(21)5-11)20(31)25-8-13(32-2)7-16(25)19(30)24-12(9-26)6-17(27)28/h3-5,9-10,12-13,16H,6-8,22H2,1-2H3,(H,23,29)(H,24,30)(H,27,28)/t10-,12-,13+,16-/m0/s1. The number of carboxylic acids is 1. The van der Waals surface area contributed by atoms with Crippen molar-refractivity contribution in [2.24, 2.45) is 0 Å². The molecule has 1 aromatic rings. The van der Waals surface area contributed by atoms with E-state index in [0.29, 0.717) is 12.0 Å². The molecule has 4 atom stereocenters. The van der Waals surface area contributed by atoms with Crippen LogP contribution >= 0.6 is 11.6 Å². The number of nitrogens with zero attached hydrogens (tertiary/aromatic N) is 1. The molecule has 3 amide bonds. The van der Waals surface area contributed by atoms with Gasteiger partial charge in [-0.2, -0.15) is 0 Å². The topological polar surface area (TPSA) is 168 Å². The van der Waals surface area contributed by atoms with Crippen molar-refractivity contribution in [2.75, 3.05) is 19.4 Å². The molecule has 2 rings (SSSR count). The highest BCUT2D eigenvalue weighted by Crippen LogP contribution is 2.22. The number of hydrogen-bond donors (Lipinski definition) is 4. The molecule has 1 saturated heterocycles. The number of nitrogen functional groups attached to an aromatic ring is 1. The zero-order chi connectivity index (χ0) is 24.0. The van der Waals surface area contributed by atoms with E-state index < -0.39 is 54.3 Å². The largest absolute Gasteiger partial charge is 0.481 e. The third-order valence-corrected chi connectivity index (χ3v) is 5.38. The van der Waals surface area contributed by atoms with Crippen molar-refractivity contribution in [3.05, 3.63) is 28.8 Å². The number of carbonyl (C=O) groups is 5. The zero-order valence-electron chi connectivity index (χ0n) is 17.5. The molecule has 12 heteroatoms. The molecule has 1 fully saturated rings. The van der Waals surface area contributed by atoms with Crippen LogP contribution in [0.4, 0.5) is 5.69 Å². The Kier molecular flexibility index (Phi) is 8.56. The number of rotatable bonds is 9. The van der Waals surface area contributed by atoms with E-state index in [1.165, 1.54) is 37.1 Å². The molecule has 0 spiro atoms. The molecule has 1 heterocycles. The highest BCUT2D eigenvalue weighted by Gasteiger charge is 2.41. The van der Waals surface area contributed by atoms with Gasteiger partial charge in [0.2, 0.25) is 11.8 Å². The molecule has 32 heavy (non-hydrogen) atoms. The van der Waals surface area contributed by atoms with E-state index in [2.05, 4.69) is 10.6 Å². The van der Waals surface area contributed by atoms with Crippen molar-refractivity contribution in [2.45, 2.75) is 44.0 Å². The van der Waals surface area contributed by atoms with Gasteiger partial charge in [0.15, 0.2) is 0 Å². The van der Waals surface area contributed by atoms with E-state index in [0.717, 1.165) is 0 Å². The summed E-state index contributed by atoms with van der Waals surface area (Å²) >= 11 is 5.93. The SMILES string of the molecule is CO[C@@H]1C[C@@H](C(=O)N[C@H](C=O)CC(=O)O)N(C(=O)[C@H](C)NC(=O)c2ccc(N)c(Cl)c2)C1. The summed E-state index contributed by atoms with van der Waals surface area (Å²) in [7, 11) is 1.43. The van der Waals surface area contributed by atoms with Gasteiger partial charge in [0.05, 0.1) is 29.3 Å². The quantitative estimate of drug-likeness (QED) is 0.285. The average Bonchev–Trinajstić information content (AvgIpc) is 3.18. The summed E-state index contributed by atoms with van der Waals surface area (Å²) in [5.74, 6) is -3.03. The summed E-state index contributed by atoms with van der Waals surface area (Å²) in [6, 6.07) is 1.08. The Labute approximate surface area is 189 Å². The fraction of sp³-hybridized carbons (Fsp3) is 0.450. The summed E-state index contributed by atoms with van der Waals surface area (Å²) in [6.07, 6.45) is -0.550. The summed E-state index contributed by atoms with van der Waals surface area (Å²) in [6.45, 7) is 1.55. The van der Waals surface area contributed by atoms with E-state index in [1.54, 1.807) is 0 Å². The number of benzene rings is 1. The molecular formula is C20H25ClN4O7. The summed E-state index contributed by atoms with van der Waals surface area (Å²) in [5, 5.41) is 13.9. The van der Waals surface area contributed by atoms with Gasteiger partial charge in [-0.1, -0.05) is 11.6 Å². The van der Waals surface area contributed by atoms with Crippen LogP contribution in [0.1, 0.15) is 30.1 Å². The van der Waals surface area contributed by atoms with Crippen molar-refractivity contribution in [1.29, 1.82) is 0 Å². The van der Waals surface area contributed by atoms with Crippen molar-refractivity contribution < 1.29 is 33.8 Å². The summed E-state index contributed by atoms with van der Waals surface area (Å²) in [4.78, 5) is 61.3. The fourth-order valence-corrected chi connectivity index (χ4v) is 3.50. The van der Waals surface area contributed by atoms with Crippen LogP contribution in [-0.2, 0) is 23.9 Å². The monoisotopic (exact) mass is 468 g/mol. The number of nitrogens with one attached hydrogen (secondary N) is 2. The Balaban J connectivity index is 2.11. The second-order valence-corrected chi connectivity index (χ2v) is 7.79. The predicted molar refractivity (Wildman–Crippen MR) is 114 cm³/mol. The lowest BCUT2D eigenvalue weighted by Crippen LogP contribution is -2.54. The lowest BCUT2D eigenvalue weighted by Gasteiger charge is -2.27. The number of likely N-dealkylation sites (tertiary alicyclic amines) is 1. The summed E-state index contributed by atoms with van der Waals surface area (Å²) < 4.78 is 5.27. The lowest BCUT2D eigenvalue weighted by molar-refractivity contribution is -0.141. The predicted octanol–water partition coefficient (Wildman–Crippen LogP) is -0.185. The van der Waals surface area contributed by atoms with Crippen molar-refractivity contribution in [1.82, 2.24) is 15.5 Å². The smallest absolute Gasteiger partial charge is 0.305 e. The van der Waals surface area contributed by atoms with Gasteiger partial charge >= 0.3 is 5.97 Å². The van der Waals surface area contributed by atoms with Gasteiger partial charge in [-0.3, -0.25) is 19.2 Å². The number of halogens is 1. The molecule has 0 bridgehead atoms. The molecule has 1 aliphatic rings. The first-order valence-electron chi connectivity index (χ1n) is 9.74. The van der Waals surface area contributed by atoms with Crippen LogP contribution in [0.15, 0.2) is 18.2 Å². The second-order valence-electron chi connectivity index (χ2n) is 7.38. The molecule has 1 aromatic carbocycles. The third-order valence-electron chi connectivity index (χ3n) is 5.05. The number of carbonyl (C=O) groups excluding carboxylic acids is 4. The lowest BCUT2D eigenvalue weighted by atomic mass is 10.1. The number of methoxy groups -OCH3 is 1. The van der Waals surface area contributed by atoms with Gasteiger partial charge < -0.3 is 35.9 Å². The molecule has 0 aromatic heterocycles. The van der Waals surface area contributed by atoms with E-state index in [1.807, 2.05) is 0 Å². The normalized spacial score (nSPS) is 19.7. The van der Waals surface area contributed by atoms with Crippen LogP contribution in [0.3, 0.4) is 0 Å². The van der Waals surface area contributed by atoms with Gasteiger partial charge in [-0.15, -0.1) is 0 Å². The van der Waals surface area contributed by atoms with E-state index >= 15 is 0 Å². The molecule has 174 valence electrons. The average molecular weight is 469 g/mol. The van der Waals surface area contributed by atoms with Gasteiger partial charge in [0.1, 0.15) is 18.4 Å². The van der Waals surface area contributed by atoms with Gasteiger partial charge in [0, 0.05) is 25.6 Å². The van der Waals surface area contributed by atoms with Crippen LogP contribution < -0.4 is 16.4 Å². The maximum absolute atomic E-state index is 13.0. The minimum absolute atomic E-state index is 0.0893. The van der Waals surface area contributed by atoms with Crippen LogP contribution in [-0.4, -0.2) is 77.9 Å². The van der Waals surface area contributed by atoms with Gasteiger partial charge in [-0.25, -0.2) is 0 Å². The molecule has 0 saturated carbocycles. The fourth-order valence-electron chi connectivity index (χ4n) is 3.32. The first-order valence-corrected chi connectivity index (χ1v) is 10.1. The minimum atomic E-state index is -1.25. The number of aldehydes is 1.